The fraction of sp³-hybridized carbons (Fsp3) is 0.476. The van der Waals surface area contributed by atoms with Gasteiger partial charge < -0.3 is 10.6 Å². The lowest BCUT2D eigenvalue weighted by Gasteiger charge is -2.12. The number of aromatic nitrogens is 2. The zero-order valence-corrected chi connectivity index (χ0v) is 16.2. The molecule has 26 heavy (non-hydrogen) atoms. The van der Waals surface area contributed by atoms with Gasteiger partial charge in [-0.25, -0.2) is 9.97 Å². The summed E-state index contributed by atoms with van der Waals surface area (Å²) in [5.41, 5.74) is 1.30. The minimum atomic E-state index is -0.155. The number of carbonyl (C=O) groups excluding carboxylic acids is 1. The molecular weight excluding hydrogens is 324 g/mol. The van der Waals surface area contributed by atoms with E-state index in [1.54, 1.807) is 6.07 Å². The minimum Gasteiger partial charge on any atom is -0.370 e. The van der Waals surface area contributed by atoms with Crippen LogP contribution < -0.4 is 10.6 Å². The van der Waals surface area contributed by atoms with Crippen LogP contribution in [0.5, 0.6) is 0 Å². The molecule has 0 aliphatic carbocycles. The van der Waals surface area contributed by atoms with Crippen molar-refractivity contribution in [1.29, 1.82) is 0 Å². The normalized spacial score (nSPS) is 11.0. The number of nitrogens with one attached hydrogen (secondary N) is 2. The first-order chi connectivity index (χ1) is 12.5. The lowest BCUT2D eigenvalue weighted by Crippen LogP contribution is -2.26. The number of carbonyl (C=O) groups is 1. The molecule has 1 heterocycles. The van der Waals surface area contributed by atoms with Crippen LogP contribution in [0.1, 0.15) is 51.0 Å². The van der Waals surface area contributed by atoms with Gasteiger partial charge in [0.05, 0.1) is 0 Å². The van der Waals surface area contributed by atoms with E-state index in [1.807, 2.05) is 30.3 Å². The van der Waals surface area contributed by atoms with E-state index >= 15 is 0 Å². The van der Waals surface area contributed by atoms with Crippen molar-refractivity contribution >= 4 is 11.7 Å². The number of hydrogen-bond acceptors (Lipinski definition) is 4. The molecule has 0 aliphatic heterocycles. The van der Waals surface area contributed by atoms with Gasteiger partial charge in [0.15, 0.2) is 5.82 Å². The second-order valence-electron chi connectivity index (χ2n) is 7.38. The molecule has 0 bridgehead atoms. The van der Waals surface area contributed by atoms with Crippen molar-refractivity contribution in [3.05, 3.63) is 42.1 Å². The lowest BCUT2D eigenvalue weighted by molar-refractivity contribution is 0.0947. The molecule has 2 rings (SSSR count). The van der Waals surface area contributed by atoms with Gasteiger partial charge in [-0.2, -0.15) is 0 Å². The van der Waals surface area contributed by atoms with Crippen LogP contribution in [0.25, 0.3) is 11.4 Å². The van der Waals surface area contributed by atoms with Gasteiger partial charge in [-0.3, -0.25) is 4.79 Å². The van der Waals surface area contributed by atoms with Crippen molar-refractivity contribution in [2.24, 2.45) is 11.8 Å². The van der Waals surface area contributed by atoms with Crippen molar-refractivity contribution in [2.45, 2.75) is 40.5 Å². The van der Waals surface area contributed by atoms with Gasteiger partial charge in [0.2, 0.25) is 0 Å². The average molecular weight is 354 g/mol. The first-order valence-corrected chi connectivity index (χ1v) is 9.42. The molecule has 0 spiro atoms. The zero-order valence-electron chi connectivity index (χ0n) is 16.2. The van der Waals surface area contributed by atoms with Crippen molar-refractivity contribution in [3.63, 3.8) is 0 Å². The smallest absolute Gasteiger partial charge is 0.270 e. The highest BCUT2D eigenvalue weighted by atomic mass is 16.1. The molecule has 2 aromatic rings. The molecule has 140 valence electrons. The standard InChI is InChI=1S/C21H30N4O/c1-15(2)10-12-22-19-14-18(21(26)23-13-11-16(3)4)24-20(25-19)17-8-6-5-7-9-17/h5-9,14-16H,10-13H2,1-4H3,(H,23,26)(H,22,24,25). The molecule has 1 aromatic carbocycles. The lowest BCUT2D eigenvalue weighted by atomic mass is 10.1. The fourth-order valence-electron chi connectivity index (χ4n) is 2.42. The monoisotopic (exact) mass is 354 g/mol. The Bertz CT molecular complexity index is 698. The molecule has 0 fully saturated rings. The summed E-state index contributed by atoms with van der Waals surface area (Å²) in [6.07, 6.45) is 1.99. The Labute approximate surface area is 156 Å². The summed E-state index contributed by atoms with van der Waals surface area (Å²) < 4.78 is 0. The third-order valence-corrected chi connectivity index (χ3v) is 4.03. The van der Waals surface area contributed by atoms with E-state index in [4.69, 9.17) is 0 Å². The van der Waals surface area contributed by atoms with Crippen LogP contribution in [0, 0.1) is 11.8 Å². The van der Waals surface area contributed by atoms with Crippen LogP contribution in [0.3, 0.4) is 0 Å². The van der Waals surface area contributed by atoms with E-state index in [9.17, 15) is 4.79 Å². The summed E-state index contributed by atoms with van der Waals surface area (Å²) in [6.45, 7) is 10.1. The predicted octanol–water partition coefficient (Wildman–Crippen LogP) is 4.38. The van der Waals surface area contributed by atoms with Gasteiger partial charge in [0, 0.05) is 24.7 Å². The Morgan fingerprint density at radius 1 is 0.962 bits per heavy atom. The summed E-state index contributed by atoms with van der Waals surface area (Å²) >= 11 is 0. The third kappa shape index (κ3) is 6.47. The molecule has 5 nitrogen and oxygen atoms in total. The topological polar surface area (TPSA) is 66.9 Å². The summed E-state index contributed by atoms with van der Waals surface area (Å²) in [5, 5.41) is 6.28. The maximum Gasteiger partial charge on any atom is 0.270 e. The molecule has 0 radical (unpaired) electrons. The summed E-state index contributed by atoms with van der Waals surface area (Å²) in [4.78, 5) is 21.6. The number of rotatable bonds is 9. The van der Waals surface area contributed by atoms with Crippen molar-refractivity contribution in [3.8, 4) is 11.4 Å². The fourth-order valence-corrected chi connectivity index (χ4v) is 2.42. The molecular formula is C21H30N4O. The van der Waals surface area contributed by atoms with Crippen molar-refractivity contribution < 1.29 is 4.79 Å². The van der Waals surface area contributed by atoms with E-state index < -0.39 is 0 Å². The van der Waals surface area contributed by atoms with Gasteiger partial charge in [-0.1, -0.05) is 58.0 Å². The second kappa shape index (κ2) is 9.90. The first kappa shape index (κ1) is 19.9. The summed E-state index contributed by atoms with van der Waals surface area (Å²) in [7, 11) is 0. The molecule has 0 saturated heterocycles. The van der Waals surface area contributed by atoms with E-state index in [0.29, 0.717) is 35.7 Å². The summed E-state index contributed by atoms with van der Waals surface area (Å²) in [5.74, 6) is 2.25. The van der Waals surface area contributed by atoms with E-state index in [2.05, 4.69) is 48.3 Å². The molecule has 1 aromatic heterocycles. The molecule has 0 unspecified atom stereocenters. The quantitative estimate of drug-likeness (QED) is 0.701. The second-order valence-corrected chi connectivity index (χ2v) is 7.38. The third-order valence-electron chi connectivity index (χ3n) is 4.03. The van der Waals surface area contributed by atoms with Crippen LogP contribution in [-0.4, -0.2) is 29.0 Å². The number of benzene rings is 1. The molecule has 5 heteroatoms. The van der Waals surface area contributed by atoms with E-state index in [1.165, 1.54) is 0 Å². The zero-order chi connectivity index (χ0) is 18.9. The maximum absolute atomic E-state index is 12.5. The van der Waals surface area contributed by atoms with Crippen LogP contribution >= 0.6 is 0 Å². The molecule has 0 aliphatic rings. The van der Waals surface area contributed by atoms with Crippen LogP contribution in [0.15, 0.2) is 36.4 Å². The maximum atomic E-state index is 12.5. The van der Waals surface area contributed by atoms with E-state index in [-0.39, 0.29) is 5.91 Å². The van der Waals surface area contributed by atoms with Gasteiger partial charge in [-0.15, -0.1) is 0 Å². The molecule has 1 amide bonds. The Balaban J connectivity index is 2.20. The highest BCUT2D eigenvalue weighted by Crippen LogP contribution is 2.18. The highest BCUT2D eigenvalue weighted by molar-refractivity contribution is 5.93. The molecule has 0 saturated carbocycles. The van der Waals surface area contributed by atoms with E-state index in [0.717, 1.165) is 24.9 Å². The predicted molar refractivity (Wildman–Crippen MR) is 107 cm³/mol. The number of hydrogen-bond donors (Lipinski definition) is 2. The van der Waals surface area contributed by atoms with Gasteiger partial charge in [0.1, 0.15) is 11.5 Å². The number of amides is 1. The minimum absolute atomic E-state index is 0.155. The largest absolute Gasteiger partial charge is 0.370 e. The Morgan fingerprint density at radius 3 is 2.27 bits per heavy atom. The Kier molecular flexibility index (Phi) is 7.57. The number of nitrogens with zero attached hydrogens (tertiary/aromatic N) is 2. The van der Waals surface area contributed by atoms with Gasteiger partial charge >= 0.3 is 0 Å². The summed E-state index contributed by atoms with van der Waals surface area (Å²) in [6, 6.07) is 11.5. The SMILES string of the molecule is CC(C)CCNC(=O)c1cc(NCCC(C)C)nc(-c2ccccc2)n1. The van der Waals surface area contributed by atoms with Crippen molar-refractivity contribution in [1.82, 2.24) is 15.3 Å². The van der Waals surface area contributed by atoms with Gasteiger partial charge in [0.25, 0.3) is 5.91 Å². The Hall–Kier alpha value is -2.43. The number of anilines is 1. The van der Waals surface area contributed by atoms with Crippen molar-refractivity contribution in [2.75, 3.05) is 18.4 Å². The highest BCUT2D eigenvalue weighted by Gasteiger charge is 2.13. The first-order valence-electron chi connectivity index (χ1n) is 9.42. The van der Waals surface area contributed by atoms with Gasteiger partial charge in [-0.05, 0) is 24.7 Å². The van der Waals surface area contributed by atoms with Crippen LogP contribution in [0.4, 0.5) is 5.82 Å². The molecule has 2 N–H and O–H groups in total. The van der Waals surface area contributed by atoms with Crippen LogP contribution in [0.2, 0.25) is 0 Å². The average Bonchev–Trinajstić information content (AvgIpc) is 2.61. The Morgan fingerprint density at radius 2 is 1.62 bits per heavy atom. The molecule has 0 atom stereocenters. The van der Waals surface area contributed by atoms with Crippen LogP contribution in [-0.2, 0) is 0 Å².